The van der Waals surface area contributed by atoms with Crippen LogP contribution in [0.3, 0.4) is 0 Å². The molecule has 0 N–H and O–H groups in total. The standard InChI is InChI=1S/C22H24N4O4/c1-30-19-6-4-18(5-7-19)26-15-17(13-20(26)27)22(29)25-11-9-24(10-12-25)21(28)16-3-2-8-23-14-16/h2-8,14,17H,9-13,15H2,1H3/t17-/m0/s1. The number of carbonyl (C=O) groups is 3. The van der Waals surface area contributed by atoms with Crippen molar-refractivity contribution in [1.29, 1.82) is 0 Å². The Bertz CT molecular complexity index is 924. The van der Waals surface area contributed by atoms with Gasteiger partial charge in [0.2, 0.25) is 11.8 Å². The van der Waals surface area contributed by atoms with Gasteiger partial charge in [0.25, 0.3) is 5.91 Å². The lowest BCUT2D eigenvalue weighted by Crippen LogP contribution is -2.52. The van der Waals surface area contributed by atoms with Crippen LogP contribution in [0.5, 0.6) is 5.75 Å². The fraction of sp³-hybridized carbons (Fsp3) is 0.364. The highest BCUT2D eigenvalue weighted by Gasteiger charge is 2.38. The second-order valence-electron chi connectivity index (χ2n) is 7.46. The van der Waals surface area contributed by atoms with E-state index >= 15 is 0 Å². The molecule has 3 heterocycles. The van der Waals surface area contributed by atoms with Crippen LogP contribution in [0.2, 0.25) is 0 Å². The molecule has 156 valence electrons. The van der Waals surface area contributed by atoms with Crippen LogP contribution in [0.4, 0.5) is 5.69 Å². The molecule has 3 amide bonds. The largest absolute Gasteiger partial charge is 0.497 e. The highest BCUT2D eigenvalue weighted by molar-refractivity contribution is 6.00. The van der Waals surface area contributed by atoms with Crippen molar-refractivity contribution in [1.82, 2.24) is 14.8 Å². The third kappa shape index (κ3) is 3.98. The first-order chi connectivity index (χ1) is 14.6. The van der Waals surface area contributed by atoms with E-state index in [1.807, 2.05) is 12.1 Å². The molecule has 8 heteroatoms. The van der Waals surface area contributed by atoms with E-state index in [4.69, 9.17) is 4.74 Å². The molecule has 2 fully saturated rings. The molecule has 0 bridgehead atoms. The second-order valence-corrected chi connectivity index (χ2v) is 7.46. The molecule has 1 atom stereocenters. The van der Waals surface area contributed by atoms with Gasteiger partial charge < -0.3 is 19.4 Å². The number of benzene rings is 1. The van der Waals surface area contributed by atoms with Crippen LogP contribution in [0.1, 0.15) is 16.8 Å². The number of carbonyl (C=O) groups excluding carboxylic acids is 3. The van der Waals surface area contributed by atoms with Gasteiger partial charge in [-0.3, -0.25) is 19.4 Å². The first-order valence-electron chi connectivity index (χ1n) is 9.99. The van der Waals surface area contributed by atoms with E-state index in [0.717, 1.165) is 11.4 Å². The Labute approximate surface area is 175 Å². The number of nitrogens with zero attached hydrogens (tertiary/aromatic N) is 4. The van der Waals surface area contributed by atoms with Crippen LogP contribution in [0.25, 0.3) is 0 Å². The van der Waals surface area contributed by atoms with E-state index in [1.165, 1.54) is 0 Å². The second kappa shape index (κ2) is 8.52. The number of ether oxygens (including phenoxy) is 1. The van der Waals surface area contributed by atoms with Gasteiger partial charge in [0.1, 0.15) is 5.75 Å². The average Bonchev–Trinajstić information content (AvgIpc) is 3.20. The number of methoxy groups -OCH3 is 1. The van der Waals surface area contributed by atoms with Crippen molar-refractivity contribution < 1.29 is 19.1 Å². The van der Waals surface area contributed by atoms with Gasteiger partial charge in [0.15, 0.2) is 0 Å². The minimum Gasteiger partial charge on any atom is -0.497 e. The van der Waals surface area contributed by atoms with Crippen LogP contribution < -0.4 is 9.64 Å². The minimum atomic E-state index is -0.361. The SMILES string of the molecule is COc1ccc(N2C[C@@H](C(=O)N3CCN(C(=O)c4cccnc4)CC3)CC2=O)cc1. The molecule has 30 heavy (non-hydrogen) atoms. The van der Waals surface area contributed by atoms with Crippen molar-refractivity contribution >= 4 is 23.4 Å². The topological polar surface area (TPSA) is 83.1 Å². The van der Waals surface area contributed by atoms with Crippen molar-refractivity contribution in [2.45, 2.75) is 6.42 Å². The average molecular weight is 408 g/mol. The van der Waals surface area contributed by atoms with Gasteiger partial charge in [0.05, 0.1) is 18.6 Å². The molecule has 0 saturated carbocycles. The number of anilines is 1. The summed E-state index contributed by atoms with van der Waals surface area (Å²) in [6.45, 7) is 2.26. The molecule has 2 aromatic rings. The van der Waals surface area contributed by atoms with Crippen molar-refractivity contribution in [2.24, 2.45) is 5.92 Å². The number of piperazine rings is 1. The number of aromatic nitrogens is 1. The van der Waals surface area contributed by atoms with Gasteiger partial charge in [0, 0.05) is 57.2 Å². The van der Waals surface area contributed by atoms with E-state index in [9.17, 15) is 14.4 Å². The monoisotopic (exact) mass is 408 g/mol. The van der Waals surface area contributed by atoms with Crippen molar-refractivity contribution in [2.75, 3.05) is 44.7 Å². The van der Waals surface area contributed by atoms with Crippen LogP contribution in [-0.2, 0) is 9.59 Å². The summed E-state index contributed by atoms with van der Waals surface area (Å²) in [5.74, 6) is 0.213. The zero-order chi connectivity index (χ0) is 21.1. The first kappa shape index (κ1) is 19.9. The summed E-state index contributed by atoms with van der Waals surface area (Å²) < 4.78 is 5.16. The molecule has 2 aliphatic rings. The first-order valence-corrected chi connectivity index (χ1v) is 9.99. The van der Waals surface area contributed by atoms with Gasteiger partial charge in [-0.15, -0.1) is 0 Å². The highest BCUT2D eigenvalue weighted by atomic mass is 16.5. The normalized spacial score (nSPS) is 19.2. The molecule has 4 rings (SSSR count). The third-order valence-electron chi connectivity index (χ3n) is 5.65. The van der Waals surface area contributed by atoms with Crippen molar-refractivity contribution in [3.63, 3.8) is 0 Å². The molecule has 8 nitrogen and oxygen atoms in total. The predicted octanol–water partition coefficient (Wildman–Crippen LogP) is 1.43. The van der Waals surface area contributed by atoms with Crippen LogP contribution in [-0.4, -0.2) is 72.3 Å². The van der Waals surface area contributed by atoms with Crippen LogP contribution in [0, 0.1) is 5.92 Å². The number of rotatable bonds is 4. The maximum absolute atomic E-state index is 13.0. The lowest BCUT2D eigenvalue weighted by molar-refractivity contribution is -0.137. The number of pyridine rings is 1. The maximum atomic E-state index is 13.0. The summed E-state index contributed by atoms with van der Waals surface area (Å²) in [6.07, 6.45) is 3.39. The molecule has 0 unspecified atom stereocenters. The lowest BCUT2D eigenvalue weighted by Gasteiger charge is -2.35. The lowest BCUT2D eigenvalue weighted by atomic mass is 10.1. The smallest absolute Gasteiger partial charge is 0.255 e. The number of hydrogen-bond acceptors (Lipinski definition) is 5. The van der Waals surface area contributed by atoms with E-state index in [-0.39, 0.29) is 30.1 Å². The van der Waals surface area contributed by atoms with E-state index in [2.05, 4.69) is 4.98 Å². The zero-order valence-electron chi connectivity index (χ0n) is 16.9. The Hall–Kier alpha value is -3.42. The summed E-state index contributed by atoms with van der Waals surface area (Å²) >= 11 is 0. The summed E-state index contributed by atoms with van der Waals surface area (Å²) in [7, 11) is 1.59. The van der Waals surface area contributed by atoms with Gasteiger partial charge >= 0.3 is 0 Å². The zero-order valence-corrected chi connectivity index (χ0v) is 16.9. The van der Waals surface area contributed by atoms with Gasteiger partial charge in [-0.05, 0) is 36.4 Å². The molecular formula is C22H24N4O4. The number of hydrogen-bond donors (Lipinski definition) is 0. The summed E-state index contributed by atoms with van der Waals surface area (Å²) in [5, 5.41) is 0. The Kier molecular flexibility index (Phi) is 5.65. The molecule has 0 spiro atoms. The fourth-order valence-corrected chi connectivity index (χ4v) is 3.94. The van der Waals surface area contributed by atoms with Crippen LogP contribution >= 0.6 is 0 Å². The van der Waals surface area contributed by atoms with E-state index in [0.29, 0.717) is 38.3 Å². The molecule has 1 aromatic carbocycles. The predicted molar refractivity (Wildman–Crippen MR) is 110 cm³/mol. The van der Waals surface area contributed by atoms with Gasteiger partial charge in [-0.25, -0.2) is 0 Å². The minimum absolute atomic E-state index is 0.0205. The quantitative estimate of drug-likeness (QED) is 0.764. The molecule has 0 radical (unpaired) electrons. The molecule has 2 aliphatic heterocycles. The number of amides is 3. The van der Waals surface area contributed by atoms with E-state index < -0.39 is 0 Å². The summed E-state index contributed by atoms with van der Waals surface area (Å²) in [6, 6.07) is 10.7. The van der Waals surface area contributed by atoms with Gasteiger partial charge in [-0.1, -0.05) is 0 Å². The van der Waals surface area contributed by atoms with Crippen LogP contribution in [0.15, 0.2) is 48.8 Å². The molecule has 1 aromatic heterocycles. The van der Waals surface area contributed by atoms with Gasteiger partial charge in [-0.2, -0.15) is 0 Å². The fourth-order valence-electron chi connectivity index (χ4n) is 3.94. The Balaban J connectivity index is 1.34. The van der Waals surface area contributed by atoms with E-state index in [1.54, 1.807) is 58.5 Å². The summed E-state index contributed by atoms with van der Waals surface area (Å²) in [4.78, 5) is 47.2. The molecular weight excluding hydrogens is 384 g/mol. The highest BCUT2D eigenvalue weighted by Crippen LogP contribution is 2.28. The van der Waals surface area contributed by atoms with Crippen molar-refractivity contribution in [3.05, 3.63) is 54.4 Å². The third-order valence-corrected chi connectivity index (χ3v) is 5.65. The Morgan fingerprint density at radius 3 is 2.37 bits per heavy atom. The Morgan fingerprint density at radius 1 is 1.03 bits per heavy atom. The maximum Gasteiger partial charge on any atom is 0.255 e. The van der Waals surface area contributed by atoms with Crippen molar-refractivity contribution in [3.8, 4) is 5.75 Å². The molecule has 0 aliphatic carbocycles. The molecule has 2 saturated heterocycles. The summed E-state index contributed by atoms with van der Waals surface area (Å²) in [5.41, 5.74) is 1.32. The Morgan fingerprint density at radius 2 is 1.73 bits per heavy atom.